The first-order chi connectivity index (χ1) is 14.1. The zero-order valence-electron chi connectivity index (χ0n) is 16.5. The summed E-state index contributed by atoms with van der Waals surface area (Å²) in [6.45, 7) is 5.85. The lowest BCUT2D eigenvalue weighted by Gasteiger charge is -2.08. The lowest BCUT2D eigenvalue weighted by molar-refractivity contribution is 0.708. The summed E-state index contributed by atoms with van der Waals surface area (Å²) in [5, 5.41) is 22.5. The second kappa shape index (κ2) is 6.67. The highest BCUT2D eigenvalue weighted by molar-refractivity contribution is 6.13. The Labute approximate surface area is 168 Å². The summed E-state index contributed by atoms with van der Waals surface area (Å²) in [6.07, 6.45) is 1.90. The SMILES string of the molecule is Cc1cc(C)n(-c2nnc(C)n2/N=C\c2c3ccccc3cc3ccccc23)n1. The van der Waals surface area contributed by atoms with E-state index in [9.17, 15) is 0 Å². The maximum atomic E-state index is 4.77. The van der Waals surface area contributed by atoms with Gasteiger partial charge in [-0.3, -0.25) is 0 Å². The zero-order chi connectivity index (χ0) is 20.0. The van der Waals surface area contributed by atoms with Gasteiger partial charge in [0.1, 0.15) is 0 Å². The highest BCUT2D eigenvalue weighted by Crippen LogP contribution is 2.27. The molecule has 0 amide bonds. The molecule has 6 heteroatoms. The quantitative estimate of drug-likeness (QED) is 0.340. The van der Waals surface area contributed by atoms with Crippen molar-refractivity contribution >= 4 is 27.8 Å². The van der Waals surface area contributed by atoms with Crippen LogP contribution in [0.15, 0.2) is 65.8 Å². The Kier molecular flexibility index (Phi) is 3.98. The standard InChI is InChI=1S/C23H20N6/c1-15-12-16(2)28(27-15)23-26-25-17(3)29(23)24-14-22-20-10-6-4-8-18(20)13-19-9-5-7-11-21(19)22/h4-14H,1-3H3/b24-14-. The van der Waals surface area contributed by atoms with Gasteiger partial charge in [0, 0.05) is 11.3 Å². The first-order valence-corrected chi connectivity index (χ1v) is 9.52. The first kappa shape index (κ1) is 17.3. The summed E-state index contributed by atoms with van der Waals surface area (Å²) in [5.41, 5.74) is 2.99. The fourth-order valence-electron chi connectivity index (χ4n) is 3.75. The molecule has 2 heterocycles. The van der Waals surface area contributed by atoms with Gasteiger partial charge in [0.2, 0.25) is 0 Å². The zero-order valence-corrected chi connectivity index (χ0v) is 16.5. The van der Waals surface area contributed by atoms with Crippen LogP contribution >= 0.6 is 0 Å². The number of hydrogen-bond donors (Lipinski definition) is 0. The molecule has 0 N–H and O–H groups in total. The average molecular weight is 380 g/mol. The number of benzene rings is 3. The van der Waals surface area contributed by atoms with Crippen molar-refractivity contribution in [1.82, 2.24) is 24.7 Å². The van der Waals surface area contributed by atoms with Crippen LogP contribution in [-0.4, -0.2) is 30.9 Å². The minimum Gasteiger partial charge on any atom is -0.202 e. The normalized spacial score (nSPS) is 11.8. The van der Waals surface area contributed by atoms with Crippen LogP contribution in [0, 0.1) is 20.8 Å². The van der Waals surface area contributed by atoms with E-state index in [0.29, 0.717) is 11.8 Å². The molecule has 0 saturated carbocycles. The maximum Gasteiger partial charge on any atom is 0.273 e. The molecular formula is C23H20N6. The van der Waals surface area contributed by atoms with E-state index in [0.717, 1.165) is 27.7 Å². The van der Waals surface area contributed by atoms with Crippen molar-refractivity contribution in [3.05, 3.63) is 83.4 Å². The second-order valence-electron chi connectivity index (χ2n) is 7.18. The van der Waals surface area contributed by atoms with Gasteiger partial charge in [-0.25, -0.2) is 4.68 Å². The van der Waals surface area contributed by atoms with Crippen LogP contribution < -0.4 is 0 Å². The summed E-state index contributed by atoms with van der Waals surface area (Å²) in [7, 11) is 0. The summed E-state index contributed by atoms with van der Waals surface area (Å²) in [4.78, 5) is 0. The Morgan fingerprint density at radius 2 is 1.48 bits per heavy atom. The van der Waals surface area contributed by atoms with Crippen LogP contribution in [0.5, 0.6) is 0 Å². The fraction of sp³-hybridized carbons (Fsp3) is 0.130. The Morgan fingerprint density at radius 1 is 0.828 bits per heavy atom. The van der Waals surface area contributed by atoms with Gasteiger partial charge in [-0.2, -0.15) is 14.9 Å². The molecule has 0 aliphatic heterocycles. The molecule has 5 aromatic rings. The lowest BCUT2D eigenvalue weighted by atomic mass is 9.97. The van der Waals surface area contributed by atoms with Crippen molar-refractivity contribution in [2.75, 3.05) is 0 Å². The van der Waals surface area contributed by atoms with Crippen molar-refractivity contribution in [3.63, 3.8) is 0 Å². The van der Waals surface area contributed by atoms with Crippen LogP contribution in [0.1, 0.15) is 22.8 Å². The van der Waals surface area contributed by atoms with E-state index >= 15 is 0 Å². The molecule has 0 fully saturated rings. The predicted molar refractivity (Wildman–Crippen MR) is 116 cm³/mol. The molecule has 0 unspecified atom stereocenters. The third-order valence-corrected chi connectivity index (χ3v) is 5.09. The van der Waals surface area contributed by atoms with E-state index in [-0.39, 0.29) is 0 Å². The summed E-state index contributed by atoms with van der Waals surface area (Å²) in [6, 6.07) is 21.0. The highest BCUT2D eigenvalue weighted by Gasteiger charge is 2.14. The molecule has 29 heavy (non-hydrogen) atoms. The molecule has 3 aromatic carbocycles. The highest BCUT2D eigenvalue weighted by atomic mass is 15.5. The summed E-state index contributed by atoms with van der Waals surface area (Å²) < 4.78 is 3.50. The van der Waals surface area contributed by atoms with E-state index in [4.69, 9.17) is 5.10 Å². The van der Waals surface area contributed by atoms with Gasteiger partial charge < -0.3 is 0 Å². The first-order valence-electron chi connectivity index (χ1n) is 9.52. The van der Waals surface area contributed by atoms with Crippen LogP contribution in [0.4, 0.5) is 0 Å². The van der Waals surface area contributed by atoms with E-state index in [1.54, 1.807) is 9.36 Å². The maximum absolute atomic E-state index is 4.77. The molecule has 2 aromatic heterocycles. The van der Waals surface area contributed by atoms with Crippen LogP contribution in [0.25, 0.3) is 27.5 Å². The van der Waals surface area contributed by atoms with Crippen LogP contribution in [-0.2, 0) is 0 Å². The van der Waals surface area contributed by atoms with Gasteiger partial charge in [0.15, 0.2) is 5.82 Å². The Hall–Kier alpha value is -3.80. The van der Waals surface area contributed by atoms with Gasteiger partial charge >= 0.3 is 0 Å². The minimum absolute atomic E-state index is 0.578. The molecular weight excluding hydrogens is 360 g/mol. The van der Waals surface area contributed by atoms with E-state index < -0.39 is 0 Å². The van der Waals surface area contributed by atoms with Gasteiger partial charge in [-0.15, -0.1) is 10.2 Å². The summed E-state index contributed by atoms with van der Waals surface area (Å²) >= 11 is 0. The molecule has 0 aliphatic rings. The second-order valence-corrected chi connectivity index (χ2v) is 7.18. The van der Waals surface area contributed by atoms with Gasteiger partial charge in [0.05, 0.1) is 11.9 Å². The number of fused-ring (bicyclic) bond motifs is 2. The van der Waals surface area contributed by atoms with E-state index in [1.807, 2.05) is 33.1 Å². The Bertz CT molecular complexity index is 1340. The molecule has 5 rings (SSSR count). The molecule has 0 radical (unpaired) electrons. The van der Waals surface area contributed by atoms with Crippen molar-refractivity contribution in [2.45, 2.75) is 20.8 Å². The Morgan fingerprint density at radius 3 is 2.10 bits per heavy atom. The number of rotatable bonds is 3. The van der Waals surface area contributed by atoms with Gasteiger partial charge in [0.25, 0.3) is 5.95 Å². The van der Waals surface area contributed by atoms with E-state index in [1.165, 1.54) is 10.8 Å². The smallest absolute Gasteiger partial charge is 0.202 e. The fourth-order valence-corrected chi connectivity index (χ4v) is 3.75. The molecule has 0 spiro atoms. The summed E-state index contributed by atoms with van der Waals surface area (Å²) in [5.74, 6) is 1.28. The molecule has 6 nitrogen and oxygen atoms in total. The largest absolute Gasteiger partial charge is 0.273 e. The van der Waals surface area contributed by atoms with E-state index in [2.05, 4.69) is 69.9 Å². The predicted octanol–water partition coefficient (Wildman–Crippen LogP) is 4.58. The molecule has 0 aliphatic carbocycles. The number of aryl methyl sites for hydroxylation is 3. The molecule has 0 saturated heterocycles. The van der Waals surface area contributed by atoms with Crippen molar-refractivity contribution < 1.29 is 0 Å². The number of hydrogen-bond acceptors (Lipinski definition) is 4. The van der Waals surface area contributed by atoms with Gasteiger partial charge in [-0.05, 0) is 54.4 Å². The topological polar surface area (TPSA) is 60.9 Å². The Balaban J connectivity index is 1.71. The molecule has 0 bridgehead atoms. The number of aromatic nitrogens is 5. The third kappa shape index (κ3) is 2.89. The number of nitrogens with zero attached hydrogens (tertiary/aromatic N) is 6. The molecule has 142 valence electrons. The van der Waals surface area contributed by atoms with Gasteiger partial charge in [-0.1, -0.05) is 48.5 Å². The third-order valence-electron chi connectivity index (χ3n) is 5.09. The van der Waals surface area contributed by atoms with Crippen molar-refractivity contribution in [3.8, 4) is 5.95 Å². The lowest BCUT2D eigenvalue weighted by Crippen LogP contribution is -2.08. The van der Waals surface area contributed by atoms with Crippen LogP contribution in [0.3, 0.4) is 0 Å². The molecule has 0 atom stereocenters. The minimum atomic E-state index is 0.578. The van der Waals surface area contributed by atoms with Crippen LogP contribution in [0.2, 0.25) is 0 Å². The monoisotopic (exact) mass is 380 g/mol. The average Bonchev–Trinajstić information content (AvgIpc) is 3.25. The van der Waals surface area contributed by atoms with Crippen molar-refractivity contribution in [1.29, 1.82) is 0 Å². The van der Waals surface area contributed by atoms with Crippen molar-refractivity contribution in [2.24, 2.45) is 5.10 Å².